The minimum absolute atomic E-state index is 0.168. The SMILES string of the molecule is CCc1nn(C)c(CNCC2(OC)CCOC2)c1Br. The molecule has 1 aromatic rings. The van der Waals surface area contributed by atoms with Gasteiger partial charge in [-0.25, -0.2) is 0 Å². The molecule has 0 saturated carbocycles. The van der Waals surface area contributed by atoms with Crippen molar-refractivity contribution in [3.8, 4) is 0 Å². The van der Waals surface area contributed by atoms with Crippen LogP contribution in [0.5, 0.6) is 0 Å². The van der Waals surface area contributed by atoms with Crippen LogP contribution in [-0.4, -0.2) is 42.2 Å². The van der Waals surface area contributed by atoms with Gasteiger partial charge in [-0.2, -0.15) is 5.10 Å². The number of methoxy groups -OCH3 is 1. The quantitative estimate of drug-likeness (QED) is 0.860. The zero-order valence-corrected chi connectivity index (χ0v) is 13.4. The van der Waals surface area contributed by atoms with Gasteiger partial charge in [0.15, 0.2) is 0 Å². The molecule has 19 heavy (non-hydrogen) atoms. The minimum atomic E-state index is -0.168. The molecular weight excluding hydrogens is 310 g/mol. The first-order chi connectivity index (χ1) is 9.12. The fourth-order valence-electron chi connectivity index (χ4n) is 2.38. The third-order valence-electron chi connectivity index (χ3n) is 3.74. The van der Waals surface area contributed by atoms with Crippen LogP contribution >= 0.6 is 15.9 Å². The van der Waals surface area contributed by atoms with Crippen LogP contribution in [0.3, 0.4) is 0 Å². The fraction of sp³-hybridized carbons (Fsp3) is 0.769. The Labute approximate surface area is 122 Å². The molecule has 1 aliphatic heterocycles. The average molecular weight is 332 g/mol. The van der Waals surface area contributed by atoms with E-state index in [0.717, 1.165) is 42.7 Å². The zero-order chi connectivity index (χ0) is 13.9. The number of hydrogen-bond donors (Lipinski definition) is 1. The van der Waals surface area contributed by atoms with Gasteiger partial charge in [-0.1, -0.05) is 6.92 Å². The average Bonchev–Trinajstić information content (AvgIpc) is 2.98. The van der Waals surface area contributed by atoms with Crippen LogP contribution in [0.15, 0.2) is 4.47 Å². The van der Waals surface area contributed by atoms with E-state index in [9.17, 15) is 0 Å². The van der Waals surface area contributed by atoms with E-state index in [4.69, 9.17) is 9.47 Å². The molecule has 1 atom stereocenters. The predicted molar refractivity (Wildman–Crippen MR) is 77.2 cm³/mol. The van der Waals surface area contributed by atoms with Crippen LogP contribution in [0.25, 0.3) is 0 Å². The number of ether oxygens (including phenoxy) is 2. The van der Waals surface area contributed by atoms with Crippen molar-refractivity contribution in [3.63, 3.8) is 0 Å². The van der Waals surface area contributed by atoms with E-state index >= 15 is 0 Å². The highest BCUT2D eigenvalue weighted by Gasteiger charge is 2.34. The molecule has 0 bridgehead atoms. The lowest BCUT2D eigenvalue weighted by atomic mass is 10.0. The van der Waals surface area contributed by atoms with Crippen molar-refractivity contribution in [3.05, 3.63) is 15.9 Å². The van der Waals surface area contributed by atoms with E-state index < -0.39 is 0 Å². The third-order valence-corrected chi connectivity index (χ3v) is 4.66. The van der Waals surface area contributed by atoms with Crippen molar-refractivity contribution < 1.29 is 9.47 Å². The van der Waals surface area contributed by atoms with Crippen LogP contribution in [0.1, 0.15) is 24.7 Å². The van der Waals surface area contributed by atoms with Gasteiger partial charge in [0.2, 0.25) is 0 Å². The third kappa shape index (κ3) is 3.18. The number of halogens is 1. The molecular formula is C13H22BrN3O2. The van der Waals surface area contributed by atoms with Crippen LogP contribution in [-0.2, 0) is 29.5 Å². The Bertz CT molecular complexity index is 428. The molecule has 108 valence electrons. The van der Waals surface area contributed by atoms with E-state index in [-0.39, 0.29) is 5.60 Å². The van der Waals surface area contributed by atoms with E-state index in [2.05, 4.69) is 33.3 Å². The molecule has 0 radical (unpaired) electrons. The summed E-state index contributed by atoms with van der Waals surface area (Å²) in [6.45, 7) is 5.13. The normalized spacial score (nSPS) is 23.2. The molecule has 0 aliphatic carbocycles. The van der Waals surface area contributed by atoms with Crippen LogP contribution in [0.2, 0.25) is 0 Å². The van der Waals surface area contributed by atoms with Crippen LogP contribution in [0, 0.1) is 0 Å². The van der Waals surface area contributed by atoms with Gasteiger partial charge in [-0.05, 0) is 22.4 Å². The lowest BCUT2D eigenvalue weighted by Crippen LogP contribution is -2.42. The van der Waals surface area contributed by atoms with Crippen molar-refractivity contribution in [2.45, 2.75) is 31.9 Å². The molecule has 0 aromatic carbocycles. The summed E-state index contributed by atoms with van der Waals surface area (Å²) in [4.78, 5) is 0. The van der Waals surface area contributed by atoms with Gasteiger partial charge in [0.25, 0.3) is 0 Å². The smallest absolute Gasteiger partial charge is 0.106 e. The maximum Gasteiger partial charge on any atom is 0.106 e. The van der Waals surface area contributed by atoms with Crippen LogP contribution < -0.4 is 5.32 Å². The standard InChI is InChI=1S/C13H22BrN3O2/c1-4-10-12(14)11(17(2)16-10)7-15-8-13(18-3)5-6-19-9-13/h15H,4-9H2,1-3H3. The largest absolute Gasteiger partial charge is 0.378 e. The highest BCUT2D eigenvalue weighted by molar-refractivity contribution is 9.10. The first-order valence-corrected chi connectivity index (χ1v) is 7.45. The van der Waals surface area contributed by atoms with Gasteiger partial charge in [-0.3, -0.25) is 4.68 Å². The summed E-state index contributed by atoms with van der Waals surface area (Å²) in [5.74, 6) is 0. The second-order valence-electron chi connectivity index (χ2n) is 4.98. The Morgan fingerprint density at radius 2 is 2.37 bits per heavy atom. The summed E-state index contributed by atoms with van der Waals surface area (Å²) in [7, 11) is 3.73. The number of aryl methyl sites for hydroxylation is 2. The number of aromatic nitrogens is 2. The summed E-state index contributed by atoms with van der Waals surface area (Å²) in [5.41, 5.74) is 2.10. The van der Waals surface area contributed by atoms with E-state index in [1.807, 2.05) is 11.7 Å². The second kappa shape index (κ2) is 6.35. The summed E-state index contributed by atoms with van der Waals surface area (Å²) < 4.78 is 14.1. The number of nitrogens with zero attached hydrogens (tertiary/aromatic N) is 2. The Hall–Kier alpha value is -0.430. The highest BCUT2D eigenvalue weighted by atomic mass is 79.9. The first kappa shape index (κ1) is 15.0. The molecule has 1 saturated heterocycles. The highest BCUT2D eigenvalue weighted by Crippen LogP contribution is 2.23. The molecule has 2 heterocycles. The van der Waals surface area contributed by atoms with Gasteiger partial charge in [0.05, 0.1) is 22.5 Å². The molecule has 1 N–H and O–H groups in total. The maximum absolute atomic E-state index is 5.60. The molecule has 0 spiro atoms. The van der Waals surface area contributed by atoms with Crippen molar-refractivity contribution >= 4 is 15.9 Å². The van der Waals surface area contributed by atoms with E-state index in [1.165, 1.54) is 5.69 Å². The van der Waals surface area contributed by atoms with Gasteiger partial charge >= 0.3 is 0 Å². The summed E-state index contributed by atoms with van der Waals surface area (Å²) in [5, 5.41) is 7.95. The summed E-state index contributed by atoms with van der Waals surface area (Å²) >= 11 is 3.63. The van der Waals surface area contributed by atoms with Crippen molar-refractivity contribution in [1.82, 2.24) is 15.1 Å². The Morgan fingerprint density at radius 1 is 1.58 bits per heavy atom. The molecule has 1 fully saturated rings. The van der Waals surface area contributed by atoms with Gasteiger partial charge in [0.1, 0.15) is 5.60 Å². The molecule has 6 heteroatoms. The zero-order valence-electron chi connectivity index (χ0n) is 11.8. The van der Waals surface area contributed by atoms with Crippen molar-refractivity contribution in [2.75, 3.05) is 26.9 Å². The number of nitrogens with one attached hydrogen (secondary N) is 1. The fourth-order valence-corrected chi connectivity index (χ4v) is 3.14. The summed E-state index contributed by atoms with van der Waals surface area (Å²) in [6.07, 6.45) is 1.88. The van der Waals surface area contributed by atoms with Gasteiger partial charge in [0, 0.05) is 40.3 Å². The Morgan fingerprint density at radius 3 is 2.89 bits per heavy atom. The van der Waals surface area contributed by atoms with Crippen molar-refractivity contribution in [2.24, 2.45) is 7.05 Å². The topological polar surface area (TPSA) is 48.3 Å². The van der Waals surface area contributed by atoms with Crippen LogP contribution in [0.4, 0.5) is 0 Å². The molecule has 5 nitrogen and oxygen atoms in total. The minimum Gasteiger partial charge on any atom is -0.378 e. The van der Waals surface area contributed by atoms with Gasteiger partial charge in [-0.15, -0.1) is 0 Å². The Kier molecular flexibility index (Phi) is 5.00. The molecule has 1 aliphatic rings. The summed E-state index contributed by atoms with van der Waals surface area (Å²) in [6, 6.07) is 0. The monoisotopic (exact) mass is 331 g/mol. The number of rotatable bonds is 6. The first-order valence-electron chi connectivity index (χ1n) is 6.66. The Balaban J connectivity index is 1.94. The van der Waals surface area contributed by atoms with E-state index in [1.54, 1.807) is 7.11 Å². The van der Waals surface area contributed by atoms with Crippen molar-refractivity contribution in [1.29, 1.82) is 0 Å². The lowest BCUT2D eigenvalue weighted by molar-refractivity contribution is -0.0160. The lowest BCUT2D eigenvalue weighted by Gasteiger charge is -2.26. The van der Waals surface area contributed by atoms with E-state index in [0.29, 0.717) is 6.61 Å². The van der Waals surface area contributed by atoms with Gasteiger partial charge < -0.3 is 14.8 Å². The molecule has 0 amide bonds. The maximum atomic E-state index is 5.60. The molecule has 2 rings (SSSR count). The molecule has 1 unspecified atom stereocenters. The predicted octanol–water partition coefficient (Wildman–Crippen LogP) is 1.64. The number of hydrogen-bond acceptors (Lipinski definition) is 4. The second-order valence-corrected chi connectivity index (χ2v) is 5.77. The molecule has 1 aromatic heterocycles.